The van der Waals surface area contributed by atoms with Crippen molar-refractivity contribution in [2.75, 3.05) is 12.3 Å². The molecule has 2 aliphatic rings. The van der Waals surface area contributed by atoms with Gasteiger partial charge in [-0.2, -0.15) is 0 Å². The molecule has 0 saturated carbocycles. The fourth-order valence-corrected chi connectivity index (χ4v) is 2.68. The van der Waals surface area contributed by atoms with Crippen LogP contribution >= 0.6 is 11.8 Å². The molecule has 1 nitrogen and oxygen atoms in total. The van der Waals surface area contributed by atoms with Gasteiger partial charge in [-0.05, 0) is 42.7 Å². The van der Waals surface area contributed by atoms with Crippen LogP contribution < -0.4 is 0 Å². The van der Waals surface area contributed by atoms with Crippen LogP contribution in [0.15, 0.2) is 35.0 Å². The summed E-state index contributed by atoms with van der Waals surface area (Å²) in [5.74, 6) is 1.25. The van der Waals surface area contributed by atoms with E-state index in [9.17, 15) is 0 Å². The Bertz CT molecular complexity index is 289. The number of nitrogens with zero attached hydrogens (tertiary/aromatic N) is 1. The maximum absolute atomic E-state index is 4.03. The Kier molecular flexibility index (Phi) is 5.03. The number of rotatable bonds is 0. The molecular formula is C13H21NS. The van der Waals surface area contributed by atoms with Crippen molar-refractivity contribution in [2.45, 2.75) is 33.6 Å². The van der Waals surface area contributed by atoms with Gasteiger partial charge in [0.15, 0.2) is 0 Å². The summed E-state index contributed by atoms with van der Waals surface area (Å²) in [4.78, 5) is 2.36. The second-order valence-electron chi connectivity index (χ2n) is 3.57. The molecule has 84 valence electrons. The van der Waals surface area contributed by atoms with Crippen molar-refractivity contribution >= 4 is 11.8 Å². The first kappa shape index (κ1) is 12.4. The number of fused-ring (bicyclic) bond motifs is 1. The average Bonchev–Trinajstić information content (AvgIpc) is 2.47. The number of hydrogen-bond acceptors (Lipinski definition) is 2. The molecule has 15 heavy (non-hydrogen) atoms. The van der Waals surface area contributed by atoms with Crippen LogP contribution in [0, 0.1) is 0 Å². The fourth-order valence-electron chi connectivity index (χ4n) is 1.59. The van der Waals surface area contributed by atoms with Crippen LogP contribution in [-0.2, 0) is 0 Å². The molecule has 0 N–H and O–H groups in total. The minimum atomic E-state index is 1.17. The lowest BCUT2D eigenvalue weighted by Crippen LogP contribution is -2.18. The first-order valence-corrected chi connectivity index (χ1v) is 6.75. The molecule has 0 unspecified atom stereocenters. The highest BCUT2D eigenvalue weighted by molar-refractivity contribution is 8.03. The zero-order valence-corrected chi connectivity index (χ0v) is 10.9. The summed E-state index contributed by atoms with van der Waals surface area (Å²) < 4.78 is 0. The highest BCUT2D eigenvalue weighted by Gasteiger charge is 2.16. The van der Waals surface area contributed by atoms with Crippen LogP contribution in [0.5, 0.6) is 0 Å². The molecule has 0 radical (unpaired) electrons. The molecule has 0 aromatic heterocycles. The van der Waals surface area contributed by atoms with Gasteiger partial charge in [-0.25, -0.2) is 0 Å². The summed E-state index contributed by atoms with van der Waals surface area (Å²) in [6.07, 6.45) is 7.08. The highest BCUT2D eigenvalue weighted by Crippen LogP contribution is 2.32. The van der Waals surface area contributed by atoms with Gasteiger partial charge in [-0.15, -0.1) is 11.8 Å². The lowest BCUT2D eigenvalue weighted by molar-refractivity contribution is 0.476. The van der Waals surface area contributed by atoms with Crippen LogP contribution in [-0.4, -0.2) is 17.2 Å². The van der Waals surface area contributed by atoms with E-state index in [1.54, 1.807) is 0 Å². The maximum Gasteiger partial charge on any atom is 0.0753 e. The SMILES string of the molecule is C=C1C=C2SCCCCN2C=C1C.CC. The van der Waals surface area contributed by atoms with E-state index in [4.69, 9.17) is 0 Å². The third-order valence-corrected chi connectivity index (χ3v) is 3.62. The Morgan fingerprint density at radius 1 is 1.33 bits per heavy atom. The highest BCUT2D eigenvalue weighted by atomic mass is 32.2. The lowest BCUT2D eigenvalue weighted by Gasteiger charge is -2.25. The molecule has 2 rings (SSSR count). The Hall–Kier alpha value is -0.630. The van der Waals surface area contributed by atoms with Gasteiger partial charge in [0.05, 0.1) is 5.03 Å². The molecule has 0 atom stereocenters. The molecule has 0 aliphatic carbocycles. The Labute approximate surface area is 97.9 Å². The number of thioether (sulfide) groups is 1. The third-order valence-electron chi connectivity index (χ3n) is 2.48. The van der Waals surface area contributed by atoms with Gasteiger partial charge >= 0.3 is 0 Å². The molecule has 0 aromatic rings. The Balaban J connectivity index is 0.000000531. The number of allylic oxidation sites excluding steroid dienone is 3. The maximum atomic E-state index is 4.03. The standard InChI is InChI=1S/C11H15NS.C2H6/c1-9-7-11-12(8-10(9)2)5-3-4-6-13-11;1-2/h7-8H,1,3-6H2,2H3;1-2H3. The van der Waals surface area contributed by atoms with Crippen molar-refractivity contribution < 1.29 is 0 Å². The zero-order valence-electron chi connectivity index (χ0n) is 10.0. The van der Waals surface area contributed by atoms with E-state index in [2.05, 4.69) is 30.7 Å². The third kappa shape index (κ3) is 3.16. The van der Waals surface area contributed by atoms with E-state index >= 15 is 0 Å². The van der Waals surface area contributed by atoms with Gasteiger partial charge in [0, 0.05) is 12.7 Å². The van der Waals surface area contributed by atoms with E-state index in [-0.39, 0.29) is 0 Å². The Morgan fingerprint density at radius 3 is 2.80 bits per heavy atom. The Morgan fingerprint density at radius 2 is 2.07 bits per heavy atom. The molecule has 0 spiro atoms. The van der Waals surface area contributed by atoms with Gasteiger partial charge in [0.25, 0.3) is 0 Å². The van der Waals surface area contributed by atoms with Gasteiger partial charge in [-0.1, -0.05) is 20.4 Å². The minimum Gasteiger partial charge on any atom is -0.343 e. The quantitative estimate of drug-likeness (QED) is 0.607. The molecule has 2 aliphatic heterocycles. The molecule has 1 saturated heterocycles. The van der Waals surface area contributed by atoms with E-state index in [0.29, 0.717) is 0 Å². The summed E-state index contributed by atoms with van der Waals surface area (Å²) in [6.45, 7) is 11.3. The summed E-state index contributed by atoms with van der Waals surface area (Å²) in [5, 5.41) is 1.38. The first-order chi connectivity index (χ1) is 7.27. The fraction of sp³-hybridized carbons (Fsp3) is 0.538. The second-order valence-corrected chi connectivity index (χ2v) is 4.68. The van der Waals surface area contributed by atoms with Gasteiger partial charge in [0.2, 0.25) is 0 Å². The van der Waals surface area contributed by atoms with Crippen molar-refractivity contribution in [3.63, 3.8) is 0 Å². The minimum absolute atomic E-state index is 1.17. The van der Waals surface area contributed by atoms with Crippen LogP contribution in [0.2, 0.25) is 0 Å². The van der Waals surface area contributed by atoms with E-state index < -0.39 is 0 Å². The molecular weight excluding hydrogens is 202 g/mol. The summed E-state index contributed by atoms with van der Waals surface area (Å²) in [6, 6.07) is 0. The molecule has 0 bridgehead atoms. The van der Waals surface area contributed by atoms with Crippen molar-refractivity contribution in [1.82, 2.24) is 4.90 Å². The van der Waals surface area contributed by atoms with Crippen LogP contribution in [0.1, 0.15) is 33.6 Å². The summed E-state index contributed by atoms with van der Waals surface area (Å²) in [7, 11) is 0. The van der Waals surface area contributed by atoms with Crippen molar-refractivity contribution in [2.24, 2.45) is 0 Å². The van der Waals surface area contributed by atoms with E-state index in [1.165, 1.54) is 41.3 Å². The normalized spacial score (nSPS) is 20.5. The van der Waals surface area contributed by atoms with Crippen molar-refractivity contribution in [3.8, 4) is 0 Å². The molecule has 0 amide bonds. The molecule has 1 fully saturated rings. The van der Waals surface area contributed by atoms with Crippen LogP contribution in [0.3, 0.4) is 0 Å². The van der Waals surface area contributed by atoms with Crippen molar-refractivity contribution in [3.05, 3.63) is 35.0 Å². The first-order valence-electron chi connectivity index (χ1n) is 5.76. The topological polar surface area (TPSA) is 3.24 Å². The average molecular weight is 223 g/mol. The monoisotopic (exact) mass is 223 g/mol. The molecule has 0 aromatic carbocycles. The van der Waals surface area contributed by atoms with Gasteiger partial charge in [0.1, 0.15) is 0 Å². The summed E-state index contributed by atoms with van der Waals surface area (Å²) in [5.41, 5.74) is 2.46. The zero-order chi connectivity index (χ0) is 11.3. The lowest BCUT2D eigenvalue weighted by atomic mass is 10.1. The van der Waals surface area contributed by atoms with Gasteiger partial charge < -0.3 is 4.90 Å². The van der Waals surface area contributed by atoms with E-state index in [0.717, 1.165) is 0 Å². The second kappa shape index (κ2) is 6.06. The largest absolute Gasteiger partial charge is 0.343 e. The van der Waals surface area contributed by atoms with E-state index in [1.807, 2.05) is 25.6 Å². The summed E-state index contributed by atoms with van der Waals surface area (Å²) >= 11 is 1.96. The number of hydrogen-bond donors (Lipinski definition) is 0. The molecule has 2 heteroatoms. The van der Waals surface area contributed by atoms with Crippen molar-refractivity contribution in [1.29, 1.82) is 0 Å². The predicted octanol–water partition coefficient (Wildman–Crippen LogP) is 4.16. The smallest absolute Gasteiger partial charge is 0.0753 e. The predicted molar refractivity (Wildman–Crippen MR) is 70.7 cm³/mol. The van der Waals surface area contributed by atoms with Crippen LogP contribution in [0.4, 0.5) is 0 Å². The van der Waals surface area contributed by atoms with Crippen LogP contribution in [0.25, 0.3) is 0 Å². The van der Waals surface area contributed by atoms with Gasteiger partial charge in [-0.3, -0.25) is 0 Å². The molecule has 2 heterocycles.